The minimum atomic E-state index is -1.01. The number of aryl methyl sites for hydroxylation is 3. The predicted octanol–water partition coefficient (Wildman–Crippen LogP) is 4.57. The molecule has 0 aliphatic carbocycles. The van der Waals surface area contributed by atoms with Crippen molar-refractivity contribution in [2.45, 2.75) is 26.8 Å². The molecule has 170 valence electrons. The molecule has 0 radical (unpaired) electrons. The maximum absolute atomic E-state index is 13.3. The van der Waals surface area contributed by atoms with E-state index in [9.17, 15) is 19.8 Å². The minimum Gasteiger partial charge on any atom is -0.507 e. The number of aromatic nitrogens is 2. The van der Waals surface area contributed by atoms with Crippen molar-refractivity contribution in [3.63, 3.8) is 0 Å². The van der Waals surface area contributed by atoms with Gasteiger partial charge in [0.05, 0.1) is 23.2 Å². The number of nitrogens with zero attached hydrogens (tertiary/aromatic N) is 3. The maximum atomic E-state index is 13.3. The quantitative estimate of drug-likeness (QED) is 0.289. The summed E-state index contributed by atoms with van der Waals surface area (Å²) in [5, 5.41) is 30.5. The van der Waals surface area contributed by atoms with Crippen LogP contribution >= 0.6 is 27.3 Å². The molecular weight excluding hydrogens is 510 g/mol. The van der Waals surface area contributed by atoms with E-state index in [0.717, 1.165) is 22.5 Å². The number of anilines is 1. The third kappa shape index (κ3) is 3.89. The number of carbonyl (C=O) groups excluding carboxylic acids is 2. The van der Waals surface area contributed by atoms with Gasteiger partial charge in [-0.2, -0.15) is 0 Å². The number of hydrogen-bond donors (Lipinski definition) is 2. The van der Waals surface area contributed by atoms with Gasteiger partial charge in [-0.05, 0) is 66.0 Å². The Kier molecular flexibility index (Phi) is 5.98. The molecule has 1 aliphatic rings. The number of carbonyl (C=O) groups is 2. The van der Waals surface area contributed by atoms with E-state index in [1.165, 1.54) is 18.1 Å². The largest absolute Gasteiger partial charge is 0.507 e. The highest BCUT2D eigenvalue weighted by molar-refractivity contribution is 9.10. The Balaban J connectivity index is 2.03. The van der Waals surface area contributed by atoms with Gasteiger partial charge in [-0.25, -0.2) is 0 Å². The summed E-state index contributed by atoms with van der Waals surface area (Å²) in [5.74, 6) is -1.93. The molecule has 2 aromatic carbocycles. The lowest BCUT2D eigenvalue weighted by Gasteiger charge is -2.23. The molecule has 4 rings (SSSR count). The van der Waals surface area contributed by atoms with Crippen molar-refractivity contribution in [2.75, 3.05) is 12.0 Å². The van der Waals surface area contributed by atoms with Crippen LogP contribution in [0.3, 0.4) is 0 Å². The number of phenolic OH excluding ortho intramolecular Hbond substituents is 1. The van der Waals surface area contributed by atoms with Crippen LogP contribution in [0.2, 0.25) is 0 Å². The summed E-state index contributed by atoms with van der Waals surface area (Å²) in [4.78, 5) is 27.7. The molecule has 1 aromatic heterocycles. The highest BCUT2D eigenvalue weighted by Gasteiger charge is 2.48. The normalized spacial score (nSPS) is 17.6. The van der Waals surface area contributed by atoms with Gasteiger partial charge in [0.2, 0.25) is 5.13 Å². The molecule has 2 N–H and O–H groups in total. The molecular formula is C23H20BrN3O5S. The summed E-state index contributed by atoms with van der Waals surface area (Å²) >= 11 is 4.45. The number of Topliss-reactive ketones (excluding diaryl/α,β-unsaturated/α-hetero) is 1. The van der Waals surface area contributed by atoms with Gasteiger partial charge in [-0.3, -0.25) is 14.5 Å². The second-order valence-electron chi connectivity index (χ2n) is 7.64. The van der Waals surface area contributed by atoms with Crippen LogP contribution in [0.25, 0.3) is 5.76 Å². The fraction of sp³-hybridized carbons (Fsp3) is 0.217. The van der Waals surface area contributed by atoms with Crippen LogP contribution in [0, 0.1) is 20.8 Å². The van der Waals surface area contributed by atoms with Crippen LogP contribution in [-0.4, -0.2) is 39.2 Å². The first-order valence-electron chi connectivity index (χ1n) is 9.89. The van der Waals surface area contributed by atoms with Crippen molar-refractivity contribution >= 4 is 49.8 Å². The summed E-state index contributed by atoms with van der Waals surface area (Å²) in [7, 11) is 1.40. The maximum Gasteiger partial charge on any atom is 0.301 e. The third-order valence-electron chi connectivity index (χ3n) is 5.40. The Hall–Kier alpha value is -3.24. The van der Waals surface area contributed by atoms with Gasteiger partial charge in [0, 0.05) is 5.56 Å². The lowest BCUT2D eigenvalue weighted by Crippen LogP contribution is -2.29. The van der Waals surface area contributed by atoms with Crippen LogP contribution in [0.4, 0.5) is 5.13 Å². The molecule has 10 heteroatoms. The Morgan fingerprint density at radius 2 is 1.88 bits per heavy atom. The summed E-state index contributed by atoms with van der Waals surface area (Å²) in [6, 6.07) is 7.58. The molecule has 3 aromatic rings. The number of amides is 1. The highest BCUT2D eigenvalue weighted by Crippen LogP contribution is 2.46. The monoisotopic (exact) mass is 529 g/mol. The first-order chi connectivity index (χ1) is 15.6. The number of phenols is 1. The van der Waals surface area contributed by atoms with Gasteiger partial charge < -0.3 is 14.9 Å². The Labute approximate surface area is 202 Å². The molecule has 0 spiro atoms. The number of benzene rings is 2. The third-order valence-corrected chi connectivity index (χ3v) is 6.84. The molecule has 1 fully saturated rings. The standard InChI is InChI=1S/C23H20BrN3O5S/c1-10-5-6-11(2)14(7-10)19(28)17-18(13-8-15(24)20(29)16(9-13)32-4)27(22(31)21(17)30)23-26-25-12(3)33-23/h5-9,18,28-29H,1-4H3/t18-/m0/s1. The molecule has 0 bridgehead atoms. The molecule has 0 saturated carbocycles. The zero-order valence-electron chi connectivity index (χ0n) is 18.2. The highest BCUT2D eigenvalue weighted by atomic mass is 79.9. The average molecular weight is 530 g/mol. The number of methoxy groups -OCH3 is 1. The van der Waals surface area contributed by atoms with Crippen molar-refractivity contribution in [2.24, 2.45) is 0 Å². The number of ether oxygens (including phenoxy) is 1. The van der Waals surface area contributed by atoms with Gasteiger partial charge in [-0.15, -0.1) is 10.2 Å². The van der Waals surface area contributed by atoms with E-state index in [1.54, 1.807) is 19.1 Å². The van der Waals surface area contributed by atoms with Crippen molar-refractivity contribution in [1.82, 2.24) is 10.2 Å². The second kappa shape index (κ2) is 8.60. The number of aliphatic hydroxyl groups excluding tert-OH is 1. The topological polar surface area (TPSA) is 113 Å². The predicted molar refractivity (Wildman–Crippen MR) is 128 cm³/mol. The second-order valence-corrected chi connectivity index (χ2v) is 9.66. The van der Waals surface area contributed by atoms with E-state index in [4.69, 9.17) is 4.74 Å². The fourth-order valence-corrected chi connectivity index (χ4v) is 4.95. The number of hydrogen-bond acceptors (Lipinski definition) is 8. The fourth-order valence-electron chi connectivity index (χ4n) is 3.77. The van der Waals surface area contributed by atoms with Gasteiger partial charge in [0.25, 0.3) is 5.78 Å². The zero-order chi connectivity index (χ0) is 24.0. The molecule has 33 heavy (non-hydrogen) atoms. The van der Waals surface area contributed by atoms with Gasteiger partial charge >= 0.3 is 5.91 Å². The molecule has 1 atom stereocenters. The molecule has 8 nitrogen and oxygen atoms in total. The first-order valence-corrected chi connectivity index (χ1v) is 11.5. The van der Waals surface area contributed by atoms with Crippen molar-refractivity contribution in [3.05, 3.63) is 67.6 Å². The molecule has 1 aliphatic heterocycles. The smallest absolute Gasteiger partial charge is 0.301 e. The molecule has 2 heterocycles. The van der Waals surface area contributed by atoms with E-state index in [2.05, 4.69) is 26.1 Å². The SMILES string of the molecule is COc1cc([C@H]2C(=C(O)c3cc(C)ccc3C)C(=O)C(=O)N2c2nnc(C)s2)cc(Br)c1O. The van der Waals surface area contributed by atoms with E-state index < -0.39 is 17.7 Å². The Morgan fingerprint density at radius 3 is 2.52 bits per heavy atom. The summed E-state index contributed by atoms with van der Waals surface area (Å²) in [5.41, 5.74) is 2.45. The van der Waals surface area contributed by atoms with E-state index in [-0.39, 0.29) is 28.0 Å². The van der Waals surface area contributed by atoms with Crippen LogP contribution < -0.4 is 9.64 Å². The average Bonchev–Trinajstić information content (AvgIpc) is 3.32. The van der Waals surface area contributed by atoms with E-state index in [0.29, 0.717) is 20.6 Å². The minimum absolute atomic E-state index is 0.0822. The number of aliphatic hydroxyl groups is 1. The molecule has 0 unspecified atom stereocenters. The van der Waals surface area contributed by atoms with Crippen LogP contribution in [-0.2, 0) is 9.59 Å². The van der Waals surface area contributed by atoms with Crippen molar-refractivity contribution < 1.29 is 24.5 Å². The van der Waals surface area contributed by atoms with Gasteiger partial charge in [-0.1, -0.05) is 29.0 Å². The Bertz CT molecular complexity index is 1330. The summed E-state index contributed by atoms with van der Waals surface area (Å²) < 4.78 is 5.58. The van der Waals surface area contributed by atoms with Crippen molar-refractivity contribution in [3.8, 4) is 11.5 Å². The number of ketones is 1. The van der Waals surface area contributed by atoms with Gasteiger partial charge in [0.1, 0.15) is 10.8 Å². The first kappa shape index (κ1) is 22.9. The molecule has 1 saturated heterocycles. The van der Waals surface area contributed by atoms with E-state index in [1.807, 2.05) is 26.0 Å². The summed E-state index contributed by atoms with van der Waals surface area (Å²) in [6.45, 7) is 5.43. The number of rotatable bonds is 4. The summed E-state index contributed by atoms with van der Waals surface area (Å²) in [6.07, 6.45) is 0. The number of aromatic hydroxyl groups is 1. The number of halogens is 1. The van der Waals surface area contributed by atoms with Crippen LogP contribution in [0.15, 0.2) is 40.4 Å². The Morgan fingerprint density at radius 1 is 1.15 bits per heavy atom. The van der Waals surface area contributed by atoms with Crippen LogP contribution in [0.1, 0.15) is 33.3 Å². The lowest BCUT2D eigenvalue weighted by molar-refractivity contribution is -0.132. The molecule has 1 amide bonds. The van der Waals surface area contributed by atoms with Crippen molar-refractivity contribution in [1.29, 1.82) is 0 Å². The zero-order valence-corrected chi connectivity index (χ0v) is 20.6. The van der Waals surface area contributed by atoms with Gasteiger partial charge in [0.15, 0.2) is 11.5 Å². The lowest BCUT2D eigenvalue weighted by atomic mass is 9.93. The van der Waals surface area contributed by atoms with E-state index >= 15 is 0 Å². The van der Waals surface area contributed by atoms with Crippen LogP contribution in [0.5, 0.6) is 11.5 Å².